The van der Waals surface area contributed by atoms with Crippen molar-refractivity contribution < 1.29 is 31.2 Å². The summed E-state index contributed by atoms with van der Waals surface area (Å²) in [6, 6.07) is 103. The summed E-state index contributed by atoms with van der Waals surface area (Å²) >= 11 is 0. The lowest BCUT2D eigenvalue weighted by atomic mass is 9.64. The predicted octanol–water partition coefficient (Wildman–Crippen LogP) is 21.6. The maximum atomic E-state index is 13.9. The molecular weight excluding hydrogens is 1320 g/mol. The van der Waals surface area contributed by atoms with Crippen molar-refractivity contribution in [3.8, 4) is 0 Å². The van der Waals surface area contributed by atoms with Gasteiger partial charge in [0.05, 0.1) is 21.0 Å². The first kappa shape index (κ1) is 80.0. The van der Waals surface area contributed by atoms with Gasteiger partial charge in [-0.15, -0.1) is 0 Å². The summed E-state index contributed by atoms with van der Waals surface area (Å²) in [5.74, 6) is -0.839. The Kier molecular flexibility index (Phi) is 30.6. The molecule has 0 aromatic heterocycles. The van der Waals surface area contributed by atoms with Crippen LogP contribution in [0.25, 0.3) is 28.4 Å². The van der Waals surface area contributed by atoms with Crippen LogP contribution in [0.4, 0.5) is 0 Å². The molecule has 0 bridgehead atoms. The molecule has 0 fully saturated rings. The summed E-state index contributed by atoms with van der Waals surface area (Å²) in [5, 5.41) is 0. The molecule has 11 aromatic carbocycles. The summed E-state index contributed by atoms with van der Waals surface area (Å²) in [6.45, 7) is 9.78. The second-order valence-electron chi connectivity index (χ2n) is 24.4. The van der Waals surface area contributed by atoms with Crippen molar-refractivity contribution in [2.45, 2.75) is 89.5 Å². The van der Waals surface area contributed by atoms with Gasteiger partial charge in [-0.05, 0) is 143 Å². The van der Waals surface area contributed by atoms with Gasteiger partial charge in [-0.2, -0.15) is 17.5 Å². The Balaban J connectivity index is 0.000000203. The molecule has 0 aliphatic heterocycles. The van der Waals surface area contributed by atoms with Crippen LogP contribution in [0, 0.1) is 19.8 Å². The Morgan fingerprint density at radius 3 is 1.38 bits per heavy atom. The van der Waals surface area contributed by atoms with E-state index in [1.54, 1.807) is 54.6 Å². The van der Waals surface area contributed by atoms with Gasteiger partial charge in [0, 0.05) is 23.0 Å². The van der Waals surface area contributed by atoms with Crippen molar-refractivity contribution in [2.75, 3.05) is 0 Å². The molecule has 0 heterocycles. The van der Waals surface area contributed by atoms with Gasteiger partial charge < -0.3 is 4.79 Å². The van der Waals surface area contributed by atoms with Gasteiger partial charge in [0.1, 0.15) is 18.9 Å². The highest BCUT2D eigenvalue weighted by Crippen LogP contribution is 2.50. The first-order valence-corrected chi connectivity index (χ1v) is 37.0. The molecule has 2 aliphatic rings. The molecule has 1 N–H and O–H groups in total. The first-order valence-electron chi connectivity index (χ1n) is 34.1. The SMILES string of the molecule is C.C.C/C(=C\C(=NS(=O)(=O)c1ccc(C)cc1)c1ccccc1)c1ccccc1.CC.Cc1ccc(S(=O)(=O)N[C@]2(c3ccccc3)C=C(c3ccccc3)CC(c3ccccc3)[C@H]2C=O)cc1.O=C/C=C/c1ccccc1.O=CC1=C(c2ccccc2)C=C(c2ccccc2)CC1c1ccccc1. The Labute approximate surface area is 617 Å². The van der Waals surface area contributed by atoms with E-state index in [-0.39, 0.29) is 36.5 Å². The molecule has 4 atom stereocenters. The quantitative estimate of drug-likeness (QED) is 0.0512. The smallest absolute Gasteiger partial charge is 0.282 e. The third-order valence-corrected chi connectivity index (χ3v) is 20.4. The van der Waals surface area contributed by atoms with Gasteiger partial charge in [0.15, 0.2) is 0 Å². The molecule has 104 heavy (non-hydrogen) atoms. The topological polar surface area (TPSA) is 144 Å². The number of benzene rings is 11. The Hall–Kier alpha value is -11.3. The lowest BCUT2D eigenvalue weighted by Gasteiger charge is -2.45. The van der Waals surface area contributed by atoms with E-state index in [4.69, 9.17) is 0 Å². The highest BCUT2D eigenvalue weighted by Gasteiger charge is 2.49. The minimum Gasteiger partial charge on any atom is -0.303 e. The van der Waals surface area contributed by atoms with E-state index < -0.39 is 31.5 Å². The summed E-state index contributed by atoms with van der Waals surface area (Å²) in [6.07, 6.45) is 13.4. The zero-order chi connectivity index (χ0) is 72.2. The van der Waals surface area contributed by atoms with Crippen molar-refractivity contribution in [1.29, 1.82) is 0 Å². The van der Waals surface area contributed by atoms with Gasteiger partial charge in [0.25, 0.3) is 10.0 Å². The molecule has 528 valence electrons. The number of carbonyl (C=O) groups is 3. The fourth-order valence-corrected chi connectivity index (χ4v) is 14.8. The minimum absolute atomic E-state index is 0. The molecule has 0 spiro atoms. The monoisotopic (exact) mass is 1410 g/mol. The number of sulfonamides is 2. The average molecular weight is 1410 g/mol. The lowest BCUT2D eigenvalue weighted by Crippen LogP contribution is -2.53. The third-order valence-electron chi connectivity index (χ3n) is 17.5. The zero-order valence-electron chi connectivity index (χ0n) is 58.0. The molecule has 13 rings (SSSR count). The number of aryl methyl sites for hydroxylation is 2. The molecule has 0 saturated carbocycles. The lowest BCUT2D eigenvalue weighted by molar-refractivity contribution is -0.113. The van der Waals surface area contributed by atoms with E-state index >= 15 is 0 Å². The van der Waals surface area contributed by atoms with Crippen LogP contribution in [0.2, 0.25) is 0 Å². The van der Waals surface area contributed by atoms with E-state index in [1.807, 2.05) is 271 Å². The van der Waals surface area contributed by atoms with E-state index in [0.29, 0.717) is 12.1 Å². The normalized spacial score (nSPS) is 16.3. The molecule has 11 heteroatoms. The van der Waals surface area contributed by atoms with Gasteiger partial charge in [0.2, 0.25) is 10.0 Å². The van der Waals surface area contributed by atoms with Gasteiger partial charge in [-0.3, -0.25) is 9.59 Å². The second-order valence-corrected chi connectivity index (χ2v) is 27.6. The minimum atomic E-state index is -3.99. The number of hydrogen-bond donors (Lipinski definition) is 1. The Morgan fingerprint density at radius 2 is 0.894 bits per heavy atom. The number of aldehydes is 3. The largest absolute Gasteiger partial charge is 0.303 e. The number of nitrogens with zero attached hydrogens (tertiary/aromatic N) is 1. The highest BCUT2D eigenvalue weighted by atomic mass is 32.2. The fourth-order valence-electron chi connectivity index (χ4n) is 12.4. The second kappa shape index (κ2) is 39.8. The molecule has 0 amide bonds. The highest BCUT2D eigenvalue weighted by molar-refractivity contribution is 7.90. The number of hydrogen-bond acceptors (Lipinski definition) is 7. The number of rotatable bonds is 18. The van der Waals surface area contributed by atoms with E-state index in [1.165, 1.54) is 22.8 Å². The van der Waals surface area contributed by atoms with Crippen LogP contribution in [0.1, 0.15) is 121 Å². The van der Waals surface area contributed by atoms with Crippen LogP contribution in [-0.4, -0.2) is 41.4 Å². The average Bonchev–Trinajstić information content (AvgIpc) is 0.413. The van der Waals surface area contributed by atoms with Gasteiger partial charge in [-0.1, -0.05) is 355 Å². The molecule has 2 aliphatic carbocycles. The van der Waals surface area contributed by atoms with E-state index in [9.17, 15) is 31.2 Å². The maximum absolute atomic E-state index is 13.9. The first-order chi connectivity index (χ1) is 49.7. The molecule has 2 unspecified atom stereocenters. The number of nitrogens with one attached hydrogen (secondary N) is 1. The van der Waals surface area contributed by atoms with Gasteiger partial charge in [-0.25, -0.2) is 8.42 Å². The third kappa shape index (κ3) is 21.4. The summed E-state index contributed by atoms with van der Waals surface area (Å²) in [7, 11) is -7.80. The standard InChI is InChI=1S/C32H29NO3S.C25H20O.C23H21NO2S.C9H8O.C2H6.2CH4/c1-24-17-19-29(20-18-24)37(35,36)33-32(28-15-9-4-10-16-28)22-27(25-11-5-2-6-12-25)21-30(31(32)23-34)26-13-7-3-8-14-26;26-18-25-23(20-12-6-2-7-13-20)16-22(19-10-4-1-5-11-19)17-24(25)21-14-8-3-9-15-21;1-18-13-15-22(16-14-18)27(25,26)24-23(21-11-7-4-8-12-21)17-19(2)20-9-5-3-6-10-20;10-8-4-7-9-5-2-1-3-6-9;1-2;;/h2-20,22-23,30-31,33H,21H2,1H3;1-16,18,24H,17H2;3-17H,1-2H3;1-8H;1-2H3;2*1H4/b;;19-17+,24-23?;7-4+;;;/t30?,31-,32+;;;;;;/m1....../s1. The summed E-state index contributed by atoms with van der Waals surface area (Å²) in [5.41, 5.74) is 15.2. The van der Waals surface area contributed by atoms with Crippen LogP contribution < -0.4 is 4.72 Å². The Bertz CT molecular complexity index is 4920. The van der Waals surface area contributed by atoms with Crippen LogP contribution in [0.15, 0.2) is 366 Å². The fraction of sp³-hybridized carbons (Fsp3) is 0.140. The van der Waals surface area contributed by atoms with Crippen molar-refractivity contribution in [3.05, 3.63) is 413 Å². The van der Waals surface area contributed by atoms with Crippen LogP contribution >= 0.6 is 0 Å². The summed E-state index contributed by atoms with van der Waals surface area (Å²) in [4.78, 5) is 35.3. The van der Waals surface area contributed by atoms with E-state index in [2.05, 4.69) is 63.7 Å². The molecule has 0 saturated heterocycles. The number of allylic oxidation sites excluding steroid dienone is 8. The zero-order valence-corrected chi connectivity index (χ0v) is 59.6. The van der Waals surface area contributed by atoms with Crippen molar-refractivity contribution in [3.63, 3.8) is 0 Å². The van der Waals surface area contributed by atoms with Crippen LogP contribution in [-0.2, 0) is 40.0 Å². The van der Waals surface area contributed by atoms with Crippen molar-refractivity contribution in [1.82, 2.24) is 4.72 Å². The molecule has 11 aromatic rings. The van der Waals surface area contributed by atoms with Crippen LogP contribution in [0.5, 0.6) is 0 Å². The van der Waals surface area contributed by atoms with Crippen LogP contribution in [0.3, 0.4) is 0 Å². The molecule has 0 radical (unpaired) electrons. The van der Waals surface area contributed by atoms with E-state index in [0.717, 1.165) is 97.6 Å². The van der Waals surface area contributed by atoms with Crippen molar-refractivity contribution >= 4 is 73.0 Å². The summed E-state index contributed by atoms with van der Waals surface area (Å²) < 4.78 is 60.6. The maximum Gasteiger partial charge on any atom is 0.282 e. The predicted molar refractivity (Wildman–Crippen MR) is 433 cm³/mol. The molecule has 9 nitrogen and oxygen atoms in total. The van der Waals surface area contributed by atoms with Gasteiger partial charge >= 0.3 is 0 Å². The van der Waals surface area contributed by atoms with Crippen molar-refractivity contribution in [2.24, 2.45) is 10.3 Å². The Morgan fingerprint density at radius 1 is 0.471 bits per heavy atom. The molecular formula is C93H92N2O7S2. The number of carbonyl (C=O) groups excluding carboxylic acids is 3.